The van der Waals surface area contributed by atoms with Crippen molar-refractivity contribution in [2.24, 2.45) is 0 Å². The molecule has 50 heavy (non-hydrogen) atoms. The smallest absolute Gasteiger partial charge is 0.123 e. The number of aromatic nitrogens is 2. The van der Waals surface area contributed by atoms with E-state index in [9.17, 15) is 0 Å². The Morgan fingerprint density at radius 2 is 1.02 bits per heavy atom. The topological polar surface area (TPSA) is 28.7 Å². The van der Waals surface area contributed by atoms with Gasteiger partial charge < -0.3 is 4.98 Å². The molecule has 1 N–H and O–H groups in total. The predicted molar refractivity (Wildman–Crippen MR) is 220 cm³/mol. The van der Waals surface area contributed by atoms with E-state index in [1.807, 2.05) is 0 Å². The lowest BCUT2D eigenvalue weighted by Crippen LogP contribution is -2.13. The number of rotatable bonds is 3. The van der Waals surface area contributed by atoms with Gasteiger partial charge in [-0.05, 0) is 127 Å². The van der Waals surface area contributed by atoms with Gasteiger partial charge in [0.2, 0.25) is 0 Å². The van der Waals surface area contributed by atoms with E-state index >= 15 is 0 Å². The van der Waals surface area contributed by atoms with E-state index in [1.54, 1.807) is 11.3 Å². The molecule has 0 aliphatic carbocycles. The van der Waals surface area contributed by atoms with Crippen LogP contribution >= 0.6 is 11.3 Å². The first-order valence-electron chi connectivity index (χ1n) is 18.0. The van der Waals surface area contributed by atoms with E-state index in [-0.39, 0.29) is 21.7 Å². The molecular formula is C47H52N2S. The largest absolute Gasteiger partial charge is 0.354 e. The molecule has 7 rings (SSSR count). The lowest BCUT2D eigenvalue weighted by molar-refractivity contribution is 0.589. The van der Waals surface area contributed by atoms with Crippen LogP contribution in [0.15, 0.2) is 90.3 Å². The van der Waals surface area contributed by atoms with E-state index in [2.05, 4.69) is 178 Å². The van der Waals surface area contributed by atoms with Gasteiger partial charge in [-0.2, -0.15) is 0 Å². The molecule has 0 atom stereocenters. The highest BCUT2D eigenvalue weighted by atomic mass is 32.1. The summed E-state index contributed by atoms with van der Waals surface area (Å²) in [6.45, 7) is 27.8. The average molecular weight is 677 g/mol. The monoisotopic (exact) mass is 676 g/mol. The summed E-state index contributed by atoms with van der Waals surface area (Å²) in [5.74, 6) is 0. The van der Waals surface area contributed by atoms with E-state index in [1.165, 1.54) is 71.7 Å². The molecule has 0 spiro atoms. The van der Waals surface area contributed by atoms with Gasteiger partial charge in [-0.15, -0.1) is 11.3 Å². The number of fused-ring (bicyclic) bond motifs is 4. The fraction of sp³-hybridized carbons (Fsp3) is 0.340. The molecule has 3 heterocycles. The summed E-state index contributed by atoms with van der Waals surface area (Å²) < 4.78 is 0. The molecule has 0 saturated carbocycles. The minimum absolute atomic E-state index is 0.00868. The second-order valence-electron chi connectivity index (χ2n) is 18.4. The van der Waals surface area contributed by atoms with E-state index in [0.29, 0.717) is 0 Å². The number of nitrogens with zero attached hydrogens (tertiary/aromatic N) is 1. The zero-order valence-electron chi connectivity index (χ0n) is 32.0. The van der Waals surface area contributed by atoms with Crippen molar-refractivity contribution in [1.29, 1.82) is 0 Å². The van der Waals surface area contributed by atoms with Crippen molar-refractivity contribution >= 4 is 43.4 Å². The van der Waals surface area contributed by atoms with E-state index in [0.717, 1.165) is 16.1 Å². The van der Waals surface area contributed by atoms with Crippen molar-refractivity contribution in [2.45, 2.75) is 105 Å². The Kier molecular flexibility index (Phi) is 7.99. The Morgan fingerprint density at radius 3 is 1.64 bits per heavy atom. The van der Waals surface area contributed by atoms with Crippen LogP contribution in [-0.2, 0) is 21.7 Å². The van der Waals surface area contributed by atoms with Crippen molar-refractivity contribution in [3.8, 4) is 33.5 Å². The predicted octanol–water partition coefficient (Wildman–Crippen LogP) is 14.1. The van der Waals surface area contributed by atoms with Crippen molar-refractivity contribution in [3.63, 3.8) is 0 Å². The summed E-state index contributed by atoms with van der Waals surface area (Å²) >= 11 is 1.70. The number of hydrogen-bond donors (Lipinski definition) is 1. The Balaban J connectivity index is 1.51. The third kappa shape index (κ3) is 6.42. The summed E-state index contributed by atoms with van der Waals surface area (Å²) in [6.07, 6.45) is 0. The van der Waals surface area contributed by atoms with Crippen LogP contribution < -0.4 is 0 Å². The number of nitrogens with one attached hydrogen (secondary N) is 1. The molecule has 0 aliphatic heterocycles. The van der Waals surface area contributed by atoms with Gasteiger partial charge in [0.25, 0.3) is 0 Å². The molecular weight excluding hydrogens is 625 g/mol. The quantitative estimate of drug-likeness (QED) is 0.198. The van der Waals surface area contributed by atoms with Crippen LogP contribution in [0.4, 0.5) is 0 Å². The molecule has 7 aromatic rings. The minimum atomic E-state index is -0.0379. The van der Waals surface area contributed by atoms with Crippen LogP contribution in [-0.4, -0.2) is 9.97 Å². The van der Waals surface area contributed by atoms with Gasteiger partial charge in [0.15, 0.2) is 0 Å². The van der Waals surface area contributed by atoms with E-state index in [4.69, 9.17) is 4.98 Å². The highest BCUT2D eigenvalue weighted by Gasteiger charge is 2.24. The van der Waals surface area contributed by atoms with Crippen LogP contribution in [0.1, 0.15) is 105 Å². The standard InChI is InChI=1S/C47H52N2S/c1-44(2,3)33-14-16-41-38(25-33)39-27-36(47(10,11)12)26-37(42(39)48-41)31-19-29(21-34(23-31)45(4,5)6)30-20-32(24-35(22-30)46(7,8)9)40-15-13-28-17-18-50-43(28)49-40/h13-27,48H,1-12H3. The Labute approximate surface area is 303 Å². The third-order valence-electron chi connectivity index (χ3n) is 10.3. The average Bonchev–Trinajstić information content (AvgIpc) is 3.66. The summed E-state index contributed by atoms with van der Waals surface area (Å²) in [5.41, 5.74) is 14.9. The fourth-order valence-corrected chi connectivity index (χ4v) is 7.66. The first-order valence-corrected chi connectivity index (χ1v) is 18.9. The first-order chi connectivity index (χ1) is 23.3. The van der Waals surface area contributed by atoms with Crippen molar-refractivity contribution in [2.75, 3.05) is 0 Å². The number of hydrogen-bond acceptors (Lipinski definition) is 2. The van der Waals surface area contributed by atoms with Gasteiger partial charge in [0.05, 0.1) is 11.2 Å². The molecule has 3 aromatic heterocycles. The fourth-order valence-electron chi connectivity index (χ4n) is 6.89. The molecule has 256 valence electrons. The highest BCUT2D eigenvalue weighted by Crippen LogP contribution is 2.42. The van der Waals surface area contributed by atoms with Crippen molar-refractivity contribution < 1.29 is 0 Å². The molecule has 0 saturated heterocycles. The number of H-pyrrole nitrogens is 1. The lowest BCUT2D eigenvalue weighted by Gasteiger charge is -2.25. The molecule has 0 unspecified atom stereocenters. The van der Waals surface area contributed by atoms with Gasteiger partial charge >= 0.3 is 0 Å². The zero-order valence-corrected chi connectivity index (χ0v) is 32.8. The normalized spacial score (nSPS) is 13.2. The maximum Gasteiger partial charge on any atom is 0.123 e. The molecule has 0 aliphatic rings. The Hall–Kier alpha value is -4.21. The van der Waals surface area contributed by atoms with Gasteiger partial charge in [0.1, 0.15) is 4.83 Å². The molecule has 3 heteroatoms. The summed E-state index contributed by atoms with van der Waals surface area (Å²) in [4.78, 5) is 10.1. The third-order valence-corrected chi connectivity index (χ3v) is 11.1. The number of aromatic amines is 1. The molecule has 0 amide bonds. The second-order valence-corrected chi connectivity index (χ2v) is 19.3. The summed E-state index contributed by atoms with van der Waals surface area (Å²) in [5, 5.41) is 5.91. The number of benzene rings is 4. The maximum atomic E-state index is 5.11. The SMILES string of the molecule is CC(C)(C)c1cc(-c2cc(-c3cc(C(C)(C)C)cc4c3[nH]c3ccc(C(C)(C)C)cc34)cc(C(C)(C)C)c2)cc(-c2ccc3ccsc3n2)c1. The van der Waals surface area contributed by atoms with Crippen LogP contribution in [0.5, 0.6) is 0 Å². The van der Waals surface area contributed by atoms with Crippen molar-refractivity contribution in [1.82, 2.24) is 9.97 Å². The second kappa shape index (κ2) is 11.7. The van der Waals surface area contributed by atoms with Crippen LogP contribution in [0.2, 0.25) is 0 Å². The number of pyridine rings is 1. The van der Waals surface area contributed by atoms with E-state index < -0.39 is 0 Å². The van der Waals surface area contributed by atoms with Gasteiger partial charge in [-0.1, -0.05) is 107 Å². The maximum absolute atomic E-state index is 5.11. The molecule has 0 fully saturated rings. The van der Waals surface area contributed by atoms with Crippen LogP contribution in [0.3, 0.4) is 0 Å². The van der Waals surface area contributed by atoms with Gasteiger partial charge in [0, 0.05) is 32.8 Å². The Morgan fingerprint density at radius 1 is 0.480 bits per heavy atom. The zero-order chi connectivity index (χ0) is 36.0. The summed E-state index contributed by atoms with van der Waals surface area (Å²) in [7, 11) is 0. The summed E-state index contributed by atoms with van der Waals surface area (Å²) in [6, 6.07) is 32.7. The first kappa shape index (κ1) is 34.2. The molecule has 0 radical (unpaired) electrons. The highest BCUT2D eigenvalue weighted by molar-refractivity contribution is 7.16. The van der Waals surface area contributed by atoms with Gasteiger partial charge in [-0.3, -0.25) is 0 Å². The van der Waals surface area contributed by atoms with Crippen LogP contribution in [0, 0.1) is 0 Å². The van der Waals surface area contributed by atoms with Crippen LogP contribution in [0.25, 0.3) is 65.5 Å². The molecule has 2 nitrogen and oxygen atoms in total. The lowest BCUT2D eigenvalue weighted by atomic mass is 9.80. The van der Waals surface area contributed by atoms with Crippen molar-refractivity contribution in [3.05, 3.63) is 113 Å². The Bertz CT molecular complexity index is 2410. The minimum Gasteiger partial charge on any atom is -0.354 e. The molecule has 0 bridgehead atoms. The van der Waals surface area contributed by atoms with Gasteiger partial charge in [-0.25, -0.2) is 4.98 Å². The molecule has 4 aromatic carbocycles. The number of thiophene rings is 1.